The van der Waals surface area contributed by atoms with Gasteiger partial charge >= 0.3 is 5.97 Å². The molecule has 9 heteroatoms. The Morgan fingerprint density at radius 3 is 2.37 bits per heavy atom. The van der Waals surface area contributed by atoms with Gasteiger partial charge in [0.15, 0.2) is 6.61 Å². The maximum Gasteiger partial charge on any atom is 0.306 e. The highest BCUT2D eigenvalue weighted by Gasteiger charge is 2.11. The average Bonchev–Trinajstić information content (AvgIpc) is 2.67. The van der Waals surface area contributed by atoms with Gasteiger partial charge < -0.3 is 15.4 Å². The zero-order chi connectivity index (χ0) is 22.3. The van der Waals surface area contributed by atoms with Crippen molar-refractivity contribution in [2.45, 2.75) is 33.1 Å². The van der Waals surface area contributed by atoms with E-state index in [1.165, 1.54) is 0 Å². The number of anilines is 2. The van der Waals surface area contributed by atoms with Gasteiger partial charge in [-0.05, 0) is 61.7 Å². The highest BCUT2D eigenvalue weighted by Crippen LogP contribution is 2.25. The number of amides is 2. The number of hydrogen-bond acceptors (Lipinski definition) is 4. The van der Waals surface area contributed by atoms with Crippen LogP contribution in [0.3, 0.4) is 0 Å². The molecule has 0 aliphatic rings. The van der Waals surface area contributed by atoms with Crippen molar-refractivity contribution in [1.82, 2.24) is 0 Å². The van der Waals surface area contributed by atoms with Crippen LogP contribution in [0.1, 0.15) is 30.4 Å². The van der Waals surface area contributed by atoms with Crippen molar-refractivity contribution in [2.75, 3.05) is 17.2 Å². The molecule has 0 spiro atoms. The Balaban J connectivity index is 1.69. The van der Waals surface area contributed by atoms with Crippen molar-refractivity contribution in [3.63, 3.8) is 0 Å². The Morgan fingerprint density at radius 1 is 0.933 bits per heavy atom. The average molecular weight is 516 g/mol. The Hall–Kier alpha value is -2.09. The first-order chi connectivity index (χ1) is 14.2. The van der Waals surface area contributed by atoms with Crippen molar-refractivity contribution >= 4 is 68.3 Å². The molecule has 2 amide bonds. The second kappa shape index (κ2) is 11.3. The molecule has 0 aliphatic carbocycles. The second-order valence-electron chi connectivity index (χ2n) is 6.66. The summed E-state index contributed by atoms with van der Waals surface area (Å²) < 4.78 is 5.93. The van der Waals surface area contributed by atoms with E-state index in [9.17, 15) is 14.4 Å². The molecule has 0 saturated carbocycles. The molecule has 6 nitrogen and oxygen atoms in total. The minimum atomic E-state index is -0.545. The van der Waals surface area contributed by atoms with Crippen LogP contribution in [0.25, 0.3) is 0 Å². The SMILES string of the molecule is Cc1cc(NC(=O)COC(=O)CCCC(=O)Nc2ccc(Cl)c(Cl)c2)c(C)cc1Br. The standard InChI is InChI=1S/C21H21BrCl2N2O4/c1-12-9-18(13(2)8-15(12)22)26-20(28)11-30-21(29)5-3-4-19(27)25-14-6-7-16(23)17(24)10-14/h6-10H,3-5,11H2,1-2H3,(H,25,27)(H,26,28). The highest BCUT2D eigenvalue weighted by molar-refractivity contribution is 9.10. The van der Waals surface area contributed by atoms with E-state index in [-0.39, 0.29) is 25.4 Å². The van der Waals surface area contributed by atoms with E-state index in [0.29, 0.717) is 27.8 Å². The van der Waals surface area contributed by atoms with E-state index >= 15 is 0 Å². The molecule has 0 fully saturated rings. The van der Waals surface area contributed by atoms with Crippen LogP contribution in [0.4, 0.5) is 11.4 Å². The molecule has 2 aromatic rings. The predicted octanol–water partition coefficient (Wildman–Crippen LogP) is 5.66. The molecular formula is C21H21BrCl2N2O4. The number of ether oxygens (including phenoxy) is 1. The first-order valence-electron chi connectivity index (χ1n) is 9.13. The lowest BCUT2D eigenvalue weighted by molar-refractivity contribution is -0.147. The smallest absolute Gasteiger partial charge is 0.306 e. The van der Waals surface area contributed by atoms with Crippen LogP contribution in [0.5, 0.6) is 0 Å². The first-order valence-corrected chi connectivity index (χ1v) is 10.7. The second-order valence-corrected chi connectivity index (χ2v) is 8.32. The van der Waals surface area contributed by atoms with E-state index in [4.69, 9.17) is 27.9 Å². The summed E-state index contributed by atoms with van der Waals surface area (Å²) in [5.74, 6) is -1.23. The zero-order valence-corrected chi connectivity index (χ0v) is 19.6. The Bertz CT molecular complexity index is 966. The number of aryl methyl sites for hydroxylation is 2. The van der Waals surface area contributed by atoms with Gasteiger partial charge in [-0.1, -0.05) is 39.1 Å². The monoisotopic (exact) mass is 514 g/mol. The molecule has 0 radical (unpaired) electrons. The predicted molar refractivity (Wildman–Crippen MR) is 122 cm³/mol. The van der Waals surface area contributed by atoms with Gasteiger partial charge in [0.05, 0.1) is 10.0 Å². The number of benzene rings is 2. The lowest BCUT2D eigenvalue weighted by atomic mass is 10.1. The van der Waals surface area contributed by atoms with E-state index in [2.05, 4.69) is 26.6 Å². The number of halogens is 3. The molecule has 0 unspecified atom stereocenters. The van der Waals surface area contributed by atoms with Crippen molar-refractivity contribution in [3.8, 4) is 0 Å². The van der Waals surface area contributed by atoms with E-state index < -0.39 is 11.9 Å². The maximum atomic E-state index is 12.0. The van der Waals surface area contributed by atoms with Gasteiger partial charge in [0.1, 0.15) is 0 Å². The summed E-state index contributed by atoms with van der Waals surface area (Å²) in [5.41, 5.74) is 3.05. The topological polar surface area (TPSA) is 84.5 Å². The minimum Gasteiger partial charge on any atom is -0.456 e. The highest BCUT2D eigenvalue weighted by atomic mass is 79.9. The van der Waals surface area contributed by atoms with Crippen molar-refractivity contribution in [3.05, 3.63) is 56.0 Å². The van der Waals surface area contributed by atoms with Gasteiger partial charge in [0.25, 0.3) is 5.91 Å². The fourth-order valence-electron chi connectivity index (χ4n) is 2.51. The normalized spacial score (nSPS) is 10.4. The molecule has 2 N–H and O–H groups in total. The zero-order valence-electron chi connectivity index (χ0n) is 16.5. The molecule has 160 valence electrons. The van der Waals surface area contributed by atoms with Gasteiger partial charge in [-0.25, -0.2) is 0 Å². The molecule has 0 aromatic heterocycles. The van der Waals surface area contributed by atoms with Gasteiger partial charge in [-0.3, -0.25) is 14.4 Å². The van der Waals surface area contributed by atoms with E-state index in [1.54, 1.807) is 18.2 Å². The van der Waals surface area contributed by atoms with Crippen molar-refractivity contribution < 1.29 is 19.1 Å². The van der Waals surface area contributed by atoms with Crippen LogP contribution < -0.4 is 10.6 Å². The number of rotatable bonds is 8. The molecule has 0 saturated heterocycles. The molecule has 0 aliphatic heterocycles. The summed E-state index contributed by atoms with van der Waals surface area (Å²) in [6.07, 6.45) is 0.440. The quantitative estimate of drug-likeness (QED) is 0.444. The van der Waals surface area contributed by atoms with Gasteiger partial charge in [0.2, 0.25) is 5.91 Å². The summed E-state index contributed by atoms with van der Waals surface area (Å²) in [4.78, 5) is 35.8. The third kappa shape index (κ3) is 7.63. The fourth-order valence-corrected chi connectivity index (χ4v) is 3.27. The third-order valence-electron chi connectivity index (χ3n) is 4.13. The van der Waals surface area contributed by atoms with Gasteiger partial charge in [-0.15, -0.1) is 0 Å². The van der Waals surface area contributed by atoms with Crippen LogP contribution in [0.2, 0.25) is 10.0 Å². The first kappa shape index (κ1) is 24.2. The van der Waals surface area contributed by atoms with E-state index in [0.717, 1.165) is 15.6 Å². The minimum absolute atomic E-state index is 0.0263. The number of carbonyl (C=O) groups excluding carboxylic acids is 3. The van der Waals surface area contributed by atoms with Crippen LogP contribution in [0, 0.1) is 13.8 Å². The molecule has 30 heavy (non-hydrogen) atoms. The molecule has 0 bridgehead atoms. The lowest BCUT2D eigenvalue weighted by Crippen LogP contribution is -2.21. The summed E-state index contributed by atoms with van der Waals surface area (Å²) >= 11 is 15.2. The van der Waals surface area contributed by atoms with Crippen LogP contribution in [0.15, 0.2) is 34.8 Å². The van der Waals surface area contributed by atoms with Crippen LogP contribution >= 0.6 is 39.1 Å². The van der Waals surface area contributed by atoms with Gasteiger partial charge in [0, 0.05) is 28.7 Å². The molecule has 0 heterocycles. The molecule has 2 rings (SSSR count). The van der Waals surface area contributed by atoms with E-state index in [1.807, 2.05) is 26.0 Å². The Morgan fingerprint density at radius 2 is 1.67 bits per heavy atom. The largest absolute Gasteiger partial charge is 0.456 e. The van der Waals surface area contributed by atoms with Gasteiger partial charge in [-0.2, -0.15) is 0 Å². The Labute approximate surface area is 193 Å². The van der Waals surface area contributed by atoms with Crippen LogP contribution in [-0.2, 0) is 19.1 Å². The summed E-state index contributed by atoms with van der Waals surface area (Å²) in [7, 11) is 0. The van der Waals surface area contributed by atoms with Crippen LogP contribution in [-0.4, -0.2) is 24.4 Å². The van der Waals surface area contributed by atoms with Crippen molar-refractivity contribution in [1.29, 1.82) is 0 Å². The molecule has 0 atom stereocenters. The third-order valence-corrected chi connectivity index (χ3v) is 5.73. The summed E-state index contributed by atoms with van der Waals surface area (Å²) in [5, 5.41) is 6.13. The summed E-state index contributed by atoms with van der Waals surface area (Å²) in [6.45, 7) is 3.40. The van der Waals surface area contributed by atoms with Crippen molar-refractivity contribution in [2.24, 2.45) is 0 Å². The molecular weight excluding hydrogens is 495 g/mol. The Kier molecular flexibility index (Phi) is 9.14. The number of nitrogens with one attached hydrogen (secondary N) is 2. The fraction of sp³-hybridized carbons (Fsp3) is 0.286. The summed E-state index contributed by atoms with van der Waals surface area (Å²) in [6, 6.07) is 8.50. The maximum absolute atomic E-state index is 12.0. The number of esters is 1. The number of hydrogen-bond donors (Lipinski definition) is 2. The number of carbonyl (C=O) groups is 3. The lowest BCUT2D eigenvalue weighted by Gasteiger charge is -2.11. The molecule has 2 aromatic carbocycles.